The number of carbonyl (C=O) groups excluding carboxylic acids is 1. The minimum Gasteiger partial charge on any atom is -0.358 e. The van der Waals surface area contributed by atoms with Crippen molar-refractivity contribution in [1.29, 1.82) is 0 Å². The Labute approximate surface area is 112 Å². The van der Waals surface area contributed by atoms with Gasteiger partial charge in [0, 0.05) is 12.1 Å². The number of halogens is 1. The Morgan fingerprint density at radius 3 is 2.56 bits per heavy atom. The third kappa shape index (κ3) is 3.61. The summed E-state index contributed by atoms with van der Waals surface area (Å²) in [6.07, 6.45) is 1.05. The zero-order valence-corrected chi connectivity index (χ0v) is 12.0. The van der Waals surface area contributed by atoms with Crippen molar-refractivity contribution in [2.75, 3.05) is 24.2 Å². The van der Waals surface area contributed by atoms with E-state index >= 15 is 0 Å². The summed E-state index contributed by atoms with van der Waals surface area (Å²) in [5, 5.41) is 2.81. The SMILES string of the molecule is CNC(=O)CN(c1cc(Cl)ccc1C)S(C)(=O)=O. The third-order valence-corrected chi connectivity index (χ3v) is 3.77. The molecule has 100 valence electrons. The highest BCUT2D eigenvalue weighted by Crippen LogP contribution is 2.25. The Morgan fingerprint density at radius 1 is 1.44 bits per heavy atom. The molecule has 0 aliphatic rings. The van der Waals surface area contributed by atoms with E-state index in [1.165, 1.54) is 13.1 Å². The maximum atomic E-state index is 11.7. The van der Waals surface area contributed by atoms with Gasteiger partial charge in [0.25, 0.3) is 0 Å². The highest BCUT2D eigenvalue weighted by molar-refractivity contribution is 7.92. The summed E-state index contributed by atoms with van der Waals surface area (Å²) >= 11 is 5.86. The van der Waals surface area contributed by atoms with E-state index in [2.05, 4.69) is 5.32 Å². The molecule has 0 saturated carbocycles. The second-order valence-electron chi connectivity index (χ2n) is 3.87. The number of likely N-dealkylation sites (N-methyl/N-ethyl adjacent to an activating group) is 1. The lowest BCUT2D eigenvalue weighted by molar-refractivity contribution is -0.119. The molecule has 0 aliphatic heterocycles. The molecule has 0 bridgehead atoms. The fourth-order valence-electron chi connectivity index (χ4n) is 1.44. The van der Waals surface area contributed by atoms with Gasteiger partial charge in [-0.15, -0.1) is 0 Å². The molecule has 0 aromatic heterocycles. The van der Waals surface area contributed by atoms with Crippen molar-refractivity contribution in [3.8, 4) is 0 Å². The minimum absolute atomic E-state index is 0.267. The van der Waals surface area contributed by atoms with Crippen molar-refractivity contribution in [2.45, 2.75) is 6.92 Å². The summed E-state index contributed by atoms with van der Waals surface area (Å²) in [6, 6.07) is 4.90. The van der Waals surface area contributed by atoms with Crippen molar-refractivity contribution in [3.05, 3.63) is 28.8 Å². The van der Waals surface area contributed by atoms with Gasteiger partial charge in [-0.2, -0.15) is 0 Å². The van der Waals surface area contributed by atoms with Crippen LogP contribution in [-0.2, 0) is 14.8 Å². The number of carbonyl (C=O) groups is 1. The van der Waals surface area contributed by atoms with E-state index in [0.29, 0.717) is 10.7 Å². The van der Waals surface area contributed by atoms with Crippen LogP contribution >= 0.6 is 11.6 Å². The van der Waals surface area contributed by atoms with Gasteiger partial charge in [-0.25, -0.2) is 8.42 Å². The Bertz CT molecular complexity index is 557. The first-order valence-corrected chi connectivity index (χ1v) is 7.42. The van der Waals surface area contributed by atoms with Crippen LogP contribution in [0.2, 0.25) is 5.02 Å². The van der Waals surface area contributed by atoms with Crippen molar-refractivity contribution < 1.29 is 13.2 Å². The monoisotopic (exact) mass is 290 g/mol. The second-order valence-corrected chi connectivity index (χ2v) is 6.22. The van der Waals surface area contributed by atoms with Gasteiger partial charge in [0.2, 0.25) is 15.9 Å². The maximum absolute atomic E-state index is 11.7. The molecule has 0 atom stereocenters. The number of amides is 1. The molecule has 0 unspecified atom stereocenters. The molecule has 0 aliphatic carbocycles. The summed E-state index contributed by atoms with van der Waals surface area (Å²) in [5.74, 6) is -0.389. The van der Waals surface area contributed by atoms with Gasteiger partial charge in [-0.1, -0.05) is 17.7 Å². The largest absolute Gasteiger partial charge is 0.358 e. The topological polar surface area (TPSA) is 66.5 Å². The van der Waals surface area contributed by atoms with Gasteiger partial charge in [0.1, 0.15) is 6.54 Å². The van der Waals surface area contributed by atoms with E-state index in [-0.39, 0.29) is 12.5 Å². The van der Waals surface area contributed by atoms with Crippen LogP contribution in [0, 0.1) is 6.92 Å². The number of benzene rings is 1. The Hall–Kier alpha value is -1.27. The molecule has 1 amide bonds. The molecular formula is C11H15ClN2O3S. The minimum atomic E-state index is -3.55. The van der Waals surface area contributed by atoms with E-state index in [9.17, 15) is 13.2 Å². The van der Waals surface area contributed by atoms with Crippen molar-refractivity contribution in [1.82, 2.24) is 5.32 Å². The first-order chi connectivity index (χ1) is 8.25. The summed E-state index contributed by atoms with van der Waals surface area (Å²) < 4.78 is 24.5. The average Bonchev–Trinajstić information content (AvgIpc) is 2.27. The van der Waals surface area contributed by atoms with Crippen LogP contribution in [0.4, 0.5) is 5.69 Å². The van der Waals surface area contributed by atoms with Crippen LogP contribution in [-0.4, -0.2) is 34.2 Å². The zero-order chi connectivity index (χ0) is 13.9. The highest BCUT2D eigenvalue weighted by Gasteiger charge is 2.21. The number of aryl methyl sites for hydroxylation is 1. The lowest BCUT2D eigenvalue weighted by atomic mass is 10.2. The molecule has 0 heterocycles. The molecule has 0 saturated heterocycles. The van der Waals surface area contributed by atoms with Gasteiger partial charge in [-0.3, -0.25) is 9.10 Å². The number of nitrogens with one attached hydrogen (secondary N) is 1. The lowest BCUT2D eigenvalue weighted by Crippen LogP contribution is -2.39. The highest BCUT2D eigenvalue weighted by atomic mass is 35.5. The molecule has 1 rings (SSSR count). The Balaban J connectivity index is 3.26. The summed E-state index contributed by atoms with van der Waals surface area (Å²) in [5.41, 5.74) is 1.14. The maximum Gasteiger partial charge on any atom is 0.240 e. The van der Waals surface area contributed by atoms with E-state index in [1.54, 1.807) is 19.1 Å². The van der Waals surface area contributed by atoms with Gasteiger partial charge >= 0.3 is 0 Å². The Morgan fingerprint density at radius 2 is 2.06 bits per heavy atom. The van der Waals surface area contributed by atoms with Gasteiger partial charge in [0.05, 0.1) is 11.9 Å². The fourth-order valence-corrected chi connectivity index (χ4v) is 2.51. The number of hydrogen-bond donors (Lipinski definition) is 1. The molecule has 18 heavy (non-hydrogen) atoms. The first-order valence-electron chi connectivity index (χ1n) is 5.20. The van der Waals surface area contributed by atoms with Crippen LogP contribution in [0.15, 0.2) is 18.2 Å². The normalized spacial score (nSPS) is 11.1. The van der Waals surface area contributed by atoms with Crippen LogP contribution in [0.25, 0.3) is 0 Å². The molecular weight excluding hydrogens is 276 g/mol. The van der Waals surface area contributed by atoms with Crippen LogP contribution < -0.4 is 9.62 Å². The quantitative estimate of drug-likeness (QED) is 0.905. The Kier molecular flexibility index (Phi) is 4.59. The number of hydrogen-bond acceptors (Lipinski definition) is 3. The molecule has 1 N–H and O–H groups in total. The lowest BCUT2D eigenvalue weighted by Gasteiger charge is -2.23. The van der Waals surface area contributed by atoms with E-state index in [0.717, 1.165) is 16.1 Å². The van der Waals surface area contributed by atoms with E-state index in [4.69, 9.17) is 11.6 Å². The predicted octanol–water partition coefficient (Wildman–Crippen LogP) is 1.16. The van der Waals surface area contributed by atoms with Crippen LogP contribution in [0.3, 0.4) is 0 Å². The number of sulfonamides is 1. The fraction of sp³-hybridized carbons (Fsp3) is 0.364. The molecule has 1 aromatic carbocycles. The number of nitrogens with zero attached hydrogens (tertiary/aromatic N) is 1. The third-order valence-electron chi connectivity index (χ3n) is 2.41. The standard InChI is InChI=1S/C11H15ClN2O3S/c1-8-4-5-9(12)6-10(8)14(18(3,16)17)7-11(15)13-2/h4-6H,7H2,1-3H3,(H,13,15). The second kappa shape index (κ2) is 5.58. The van der Waals surface area contributed by atoms with Crippen LogP contribution in [0.1, 0.15) is 5.56 Å². The van der Waals surface area contributed by atoms with Crippen molar-refractivity contribution in [2.24, 2.45) is 0 Å². The molecule has 0 spiro atoms. The van der Waals surface area contributed by atoms with Gasteiger partial charge in [-0.05, 0) is 24.6 Å². The summed E-state index contributed by atoms with van der Waals surface area (Å²) in [7, 11) is -2.10. The van der Waals surface area contributed by atoms with Crippen molar-refractivity contribution in [3.63, 3.8) is 0 Å². The van der Waals surface area contributed by atoms with Crippen molar-refractivity contribution >= 4 is 33.2 Å². The zero-order valence-electron chi connectivity index (χ0n) is 10.4. The first kappa shape index (κ1) is 14.8. The van der Waals surface area contributed by atoms with Gasteiger partial charge in [0.15, 0.2) is 0 Å². The summed E-state index contributed by atoms with van der Waals surface area (Å²) in [6.45, 7) is 1.49. The molecule has 0 fully saturated rings. The number of rotatable bonds is 4. The van der Waals surface area contributed by atoms with E-state index < -0.39 is 10.0 Å². The molecule has 7 heteroatoms. The van der Waals surface area contributed by atoms with Gasteiger partial charge < -0.3 is 5.32 Å². The number of anilines is 1. The molecule has 0 radical (unpaired) electrons. The molecule has 1 aromatic rings. The average molecular weight is 291 g/mol. The van der Waals surface area contributed by atoms with E-state index in [1.807, 2.05) is 0 Å². The molecule has 5 nitrogen and oxygen atoms in total. The predicted molar refractivity (Wildman–Crippen MR) is 72.4 cm³/mol. The van der Waals surface area contributed by atoms with Crippen LogP contribution in [0.5, 0.6) is 0 Å². The summed E-state index contributed by atoms with van der Waals surface area (Å²) in [4.78, 5) is 11.4. The smallest absolute Gasteiger partial charge is 0.240 e.